The van der Waals surface area contributed by atoms with Crippen molar-refractivity contribution >= 4 is 5.76 Å². The molecule has 0 saturated carbocycles. The Hall–Kier alpha value is -2.34. The second kappa shape index (κ2) is 7.91. The number of ether oxygens (including phenoxy) is 2. The number of piperazine rings is 1. The third kappa shape index (κ3) is 3.75. The smallest absolute Gasteiger partial charge is 0.174 e. The Balaban J connectivity index is 1.55. The topological polar surface area (TPSA) is 45.2 Å². The fraction of sp³-hybridized carbons (Fsp3) is 0.333. The van der Waals surface area contributed by atoms with E-state index in [9.17, 15) is 0 Å². The summed E-state index contributed by atoms with van der Waals surface area (Å²) in [6, 6.07) is 17.9. The van der Waals surface area contributed by atoms with E-state index in [2.05, 4.69) is 9.80 Å². The Morgan fingerprint density at radius 2 is 1.38 bits per heavy atom. The van der Waals surface area contributed by atoms with E-state index in [1.54, 1.807) is 0 Å². The van der Waals surface area contributed by atoms with Crippen molar-refractivity contribution in [3.05, 3.63) is 65.9 Å². The van der Waals surface area contributed by atoms with Gasteiger partial charge in [0.2, 0.25) is 0 Å². The number of hydrogen-bond acceptors (Lipinski definition) is 5. The fourth-order valence-electron chi connectivity index (χ4n) is 3.39. The first-order valence-corrected chi connectivity index (χ1v) is 9.12. The molecule has 0 aromatic heterocycles. The van der Waals surface area contributed by atoms with E-state index in [4.69, 9.17) is 14.6 Å². The molecule has 0 spiro atoms. The van der Waals surface area contributed by atoms with Gasteiger partial charge in [0.25, 0.3) is 0 Å². The Kier molecular flexibility index (Phi) is 5.20. The van der Waals surface area contributed by atoms with Gasteiger partial charge in [-0.25, -0.2) is 0 Å². The number of aliphatic hydroxyl groups is 1. The molecule has 0 unspecified atom stereocenters. The molecule has 5 nitrogen and oxygen atoms in total. The molecule has 2 aromatic carbocycles. The van der Waals surface area contributed by atoms with Crippen molar-refractivity contribution in [1.29, 1.82) is 0 Å². The number of benzene rings is 2. The van der Waals surface area contributed by atoms with Crippen LogP contribution < -0.4 is 9.47 Å². The first-order chi connectivity index (χ1) is 12.8. The van der Waals surface area contributed by atoms with Gasteiger partial charge in [0.1, 0.15) is 0 Å². The normalized spacial score (nSPS) is 18.2. The van der Waals surface area contributed by atoms with Crippen molar-refractivity contribution in [3.8, 4) is 11.5 Å². The van der Waals surface area contributed by atoms with Crippen molar-refractivity contribution in [3.63, 3.8) is 0 Å². The summed E-state index contributed by atoms with van der Waals surface area (Å²) < 4.78 is 12.5. The zero-order chi connectivity index (χ0) is 17.8. The minimum atomic E-state index is 0.219. The van der Waals surface area contributed by atoms with Crippen LogP contribution in [0.4, 0.5) is 0 Å². The van der Waals surface area contributed by atoms with Crippen LogP contribution in [0.15, 0.2) is 60.4 Å². The molecule has 1 saturated heterocycles. The van der Waals surface area contributed by atoms with Gasteiger partial charge >= 0.3 is 0 Å². The van der Waals surface area contributed by atoms with Crippen molar-refractivity contribution < 1.29 is 14.6 Å². The van der Waals surface area contributed by atoms with Gasteiger partial charge < -0.3 is 14.6 Å². The average molecular weight is 352 g/mol. The van der Waals surface area contributed by atoms with E-state index < -0.39 is 0 Å². The lowest BCUT2D eigenvalue weighted by atomic mass is 10.1. The van der Waals surface area contributed by atoms with Crippen LogP contribution in [0.3, 0.4) is 0 Å². The Morgan fingerprint density at radius 3 is 2.08 bits per heavy atom. The molecule has 2 aromatic rings. The maximum absolute atomic E-state index is 9.10. The van der Waals surface area contributed by atoms with Gasteiger partial charge in [-0.3, -0.25) is 9.80 Å². The monoisotopic (exact) mass is 352 g/mol. The predicted molar refractivity (Wildman–Crippen MR) is 101 cm³/mol. The molecule has 26 heavy (non-hydrogen) atoms. The van der Waals surface area contributed by atoms with Gasteiger partial charge in [0, 0.05) is 38.3 Å². The largest absolute Gasteiger partial charge is 0.452 e. The average Bonchev–Trinajstić information content (AvgIpc) is 2.70. The number of nitrogens with zero attached hydrogens (tertiary/aromatic N) is 2. The van der Waals surface area contributed by atoms with Crippen LogP contribution in [-0.2, 0) is 0 Å². The van der Waals surface area contributed by atoms with E-state index in [0.717, 1.165) is 61.3 Å². The summed E-state index contributed by atoms with van der Waals surface area (Å²) >= 11 is 0. The highest BCUT2D eigenvalue weighted by atomic mass is 16.6. The predicted octanol–water partition coefficient (Wildman–Crippen LogP) is 2.44. The summed E-state index contributed by atoms with van der Waals surface area (Å²) in [7, 11) is 0. The molecule has 0 radical (unpaired) electrons. The summed E-state index contributed by atoms with van der Waals surface area (Å²) in [5, 5.41) is 9.10. The maximum atomic E-state index is 9.10. The lowest BCUT2D eigenvalue weighted by Gasteiger charge is -2.35. The molecule has 0 aliphatic carbocycles. The maximum Gasteiger partial charge on any atom is 0.174 e. The van der Waals surface area contributed by atoms with Crippen LogP contribution >= 0.6 is 0 Å². The molecule has 1 N–H and O–H groups in total. The van der Waals surface area contributed by atoms with Crippen molar-refractivity contribution in [2.24, 2.45) is 0 Å². The molecule has 2 heterocycles. The second-order valence-corrected chi connectivity index (χ2v) is 6.61. The van der Waals surface area contributed by atoms with E-state index in [1.807, 2.05) is 54.6 Å². The highest BCUT2D eigenvalue weighted by Gasteiger charge is 2.26. The minimum absolute atomic E-state index is 0.219. The summed E-state index contributed by atoms with van der Waals surface area (Å²) in [5.74, 6) is 3.16. The lowest BCUT2D eigenvalue weighted by Crippen LogP contribution is -2.48. The number of fused-ring (bicyclic) bond motifs is 1. The zero-order valence-corrected chi connectivity index (χ0v) is 14.8. The molecule has 4 rings (SSSR count). The summed E-state index contributed by atoms with van der Waals surface area (Å²) in [4.78, 5) is 4.67. The lowest BCUT2D eigenvalue weighted by molar-refractivity contribution is 0.111. The Labute approximate surface area is 154 Å². The number of aliphatic hydroxyl groups excluding tert-OH is 1. The third-order valence-corrected chi connectivity index (χ3v) is 4.83. The highest BCUT2D eigenvalue weighted by molar-refractivity contribution is 5.68. The summed E-state index contributed by atoms with van der Waals surface area (Å²) in [6.07, 6.45) is 0. The quantitative estimate of drug-likeness (QED) is 0.895. The van der Waals surface area contributed by atoms with Crippen LogP contribution in [0.2, 0.25) is 0 Å². The molecule has 2 aliphatic heterocycles. The van der Waals surface area contributed by atoms with Gasteiger partial charge in [-0.05, 0) is 12.1 Å². The molecular weight excluding hydrogens is 328 g/mol. The molecule has 2 aliphatic rings. The van der Waals surface area contributed by atoms with Crippen LogP contribution in [0.1, 0.15) is 5.56 Å². The van der Waals surface area contributed by atoms with Gasteiger partial charge in [0.15, 0.2) is 23.0 Å². The molecule has 5 heteroatoms. The third-order valence-electron chi connectivity index (χ3n) is 4.83. The van der Waals surface area contributed by atoms with E-state index >= 15 is 0 Å². The molecule has 0 atom stereocenters. The van der Waals surface area contributed by atoms with E-state index in [1.165, 1.54) is 0 Å². The van der Waals surface area contributed by atoms with Gasteiger partial charge in [0.05, 0.1) is 13.2 Å². The summed E-state index contributed by atoms with van der Waals surface area (Å²) in [5.41, 5.74) is 1.02. The molecule has 1 fully saturated rings. The second-order valence-electron chi connectivity index (χ2n) is 6.61. The van der Waals surface area contributed by atoms with Crippen LogP contribution in [0.25, 0.3) is 5.76 Å². The first-order valence-electron chi connectivity index (χ1n) is 9.12. The summed E-state index contributed by atoms with van der Waals surface area (Å²) in [6.45, 7) is 5.52. The van der Waals surface area contributed by atoms with E-state index in [-0.39, 0.29) is 6.61 Å². The van der Waals surface area contributed by atoms with Crippen LogP contribution in [-0.4, -0.2) is 60.8 Å². The molecule has 0 bridgehead atoms. The number of β-amino-alcohol motifs (C(OH)–C–C–N with tert-alkyl or cyclic N) is 1. The van der Waals surface area contributed by atoms with Crippen LogP contribution in [0.5, 0.6) is 11.5 Å². The highest BCUT2D eigenvalue weighted by Crippen LogP contribution is 2.38. The number of hydrogen-bond donors (Lipinski definition) is 1. The minimum Gasteiger partial charge on any atom is -0.452 e. The van der Waals surface area contributed by atoms with Crippen molar-refractivity contribution in [1.82, 2.24) is 9.80 Å². The molecule has 136 valence electrons. The number of rotatable bonds is 5. The first kappa shape index (κ1) is 17.1. The van der Waals surface area contributed by atoms with Gasteiger partial charge in [-0.15, -0.1) is 0 Å². The van der Waals surface area contributed by atoms with Crippen molar-refractivity contribution in [2.45, 2.75) is 0 Å². The zero-order valence-electron chi connectivity index (χ0n) is 14.8. The van der Waals surface area contributed by atoms with Gasteiger partial charge in [-0.1, -0.05) is 42.5 Å². The van der Waals surface area contributed by atoms with Crippen LogP contribution in [0, 0.1) is 0 Å². The Bertz CT molecular complexity index is 768. The van der Waals surface area contributed by atoms with Crippen molar-refractivity contribution in [2.75, 3.05) is 45.9 Å². The SMILES string of the molecule is OCCN1CCN(CC2=C(c3ccccc3)Oc3ccccc3O2)CC1. The standard InChI is InChI=1S/C21H24N2O3/c24-15-14-22-10-12-23(13-11-22)16-20-21(17-6-2-1-3-7-17)26-19-9-5-4-8-18(19)25-20/h1-9,24H,10-16H2. The molecular formula is C21H24N2O3. The van der Waals surface area contributed by atoms with Gasteiger partial charge in [-0.2, -0.15) is 0 Å². The van der Waals surface area contributed by atoms with E-state index in [0.29, 0.717) is 6.54 Å². The molecule has 0 amide bonds. The number of para-hydroxylation sites is 2. The fourth-order valence-corrected chi connectivity index (χ4v) is 3.39. The Morgan fingerprint density at radius 1 is 0.769 bits per heavy atom.